The number of anilines is 2. The molecule has 0 aliphatic rings. The molecule has 0 bridgehead atoms. The number of benzene rings is 2. The van der Waals surface area contributed by atoms with Gasteiger partial charge in [-0.05, 0) is 24.3 Å². The second kappa shape index (κ2) is 7.14. The van der Waals surface area contributed by atoms with E-state index in [1.54, 1.807) is 18.2 Å². The molecule has 0 atom stereocenters. The second-order valence-corrected chi connectivity index (χ2v) is 7.10. The maximum Gasteiger partial charge on any atom is 0.418 e. The van der Waals surface area contributed by atoms with E-state index in [0.29, 0.717) is 0 Å². The number of amides is 1. The first-order chi connectivity index (χ1) is 11.6. The van der Waals surface area contributed by atoms with Crippen LogP contribution in [0.5, 0.6) is 0 Å². The highest BCUT2D eigenvalue weighted by Gasteiger charge is 2.33. The Balaban J connectivity index is 2.24. The van der Waals surface area contributed by atoms with E-state index in [0.717, 1.165) is 22.7 Å². The summed E-state index contributed by atoms with van der Waals surface area (Å²) in [5.74, 6) is -0.883. The average molecular weight is 372 g/mol. The molecule has 0 spiro atoms. The Kier molecular flexibility index (Phi) is 5.36. The van der Waals surface area contributed by atoms with E-state index >= 15 is 0 Å². The van der Waals surface area contributed by atoms with Gasteiger partial charge in [0.15, 0.2) is 0 Å². The predicted molar refractivity (Wildman–Crippen MR) is 88.7 cm³/mol. The van der Waals surface area contributed by atoms with Crippen molar-refractivity contribution >= 4 is 27.3 Å². The zero-order valence-electron chi connectivity index (χ0n) is 13.1. The molecule has 2 rings (SSSR count). The second-order valence-electron chi connectivity index (χ2n) is 5.20. The Morgan fingerprint density at radius 2 is 1.60 bits per heavy atom. The lowest BCUT2D eigenvalue weighted by Crippen LogP contribution is -2.37. The molecule has 2 aromatic rings. The lowest BCUT2D eigenvalue weighted by Gasteiger charge is -2.22. The molecule has 0 aliphatic carbocycles. The summed E-state index contributed by atoms with van der Waals surface area (Å²) in [6.07, 6.45) is -3.73. The summed E-state index contributed by atoms with van der Waals surface area (Å²) in [6.45, 7) is -0.644. The van der Waals surface area contributed by atoms with Gasteiger partial charge in [-0.25, -0.2) is 8.42 Å². The molecular formula is C16H15F3N2O3S. The van der Waals surface area contributed by atoms with Crippen molar-refractivity contribution < 1.29 is 26.4 Å². The maximum atomic E-state index is 13.0. The summed E-state index contributed by atoms with van der Waals surface area (Å²) < 4.78 is 63.5. The van der Waals surface area contributed by atoms with Gasteiger partial charge >= 0.3 is 6.18 Å². The van der Waals surface area contributed by atoms with Gasteiger partial charge in [-0.1, -0.05) is 30.3 Å². The van der Waals surface area contributed by atoms with Gasteiger partial charge in [0.05, 0.1) is 23.2 Å². The van der Waals surface area contributed by atoms with Crippen LogP contribution >= 0.6 is 0 Å². The van der Waals surface area contributed by atoms with Gasteiger partial charge in [-0.2, -0.15) is 13.2 Å². The van der Waals surface area contributed by atoms with Crippen LogP contribution in [-0.4, -0.2) is 27.1 Å². The first-order valence-electron chi connectivity index (χ1n) is 7.08. The fourth-order valence-corrected chi connectivity index (χ4v) is 3.01. The van der Waals surface area contributed by atoms with Crippen LogP contribution in [0.25, 0.3) is 0 Å². The first kappa shape index (κ1) is 18.8. The van der Waals surface area contributed by atoms with Gasteiger partial charge < -0.3 is 5.32 Å². The zero-order chi connectivity index (χ0) is 18.7. The smallest absolute Gasteiger partial charge is 0.324 e. The number of alkyl halides is 3. The number of nitrogens with zero attached hydrogens (tertiary/aromatic N) is 1. The number of carbonyl (C=O) groups excluding carboxylic acids is 1. The number of halogens is 3. The zero-order valence-corrected chi connectivity index (χ0v) is 13.9. The first-order valence-corrected chi connectivity index (χ1v) is 8.92. The van der Waals surface area contributed by atoms with Gasteiger partial charge in [0, 0.05) is 0 Å². The molecule has 1 amide bonds. The predicted octanol–water partition coefficient (Wildman–Crippen LogP) is 3.11. The minimum Gasteiger partial charge on any atom is -0.324 e. The van der Waals surface area contributed by atoms with Crippen molar-refractivity contribution in [3.05, 3.63) is 60.2 Å². The lowest BCUT2D eigenvalue weighted by molar-refractivity contribution is -0.137. The molecule has 0 saturated carbocycles. The maximum absolute atomic E-state index is 13.0. The largest absolute Gasteiger partial charge is 0.418 e. The Bertz CT molecular complexity index is 852. The molecule has 0 fully saturated rings. The van der Waals surface area contributed by atoms with Gasteiger partial charge in [-0.15, -0.1) is 0 Å². The van der Waals surface area contributed by atoms with Gasteiger partial charge in [0.25, 0.3) is 0 Å². The van der Waals surface area contributed by atoms with Gasteiger partial charge in [0.2, 0.25) is 15.9 Å². The summed E-state index contributed by atoms with van der Waals surface area (Å²) in [6, 6.07) is 12.3. The van der Waals surface area contributed by atoms with Crippen molar-refractivity contribution in [2.24, 2.45) is 0 Å². The van der Waals surface area contributed by atoms with E-state index in [1.165, 1.54) is 24.3 Å². The standard InChI is InChI=1S/C16H15F3N2O3S/c1-25(23,24)21(12-7-3-2-4-8-12)11-15(22)20-14-10-6-5-9-13(14)16(17,18)19/h2-10H,11H2,1H3,(H,20,22). The SMILES string of the molecule is CS(=O)(=O)N(CC(=O)Nc1ccccc1C(F)(F)F)c1ccccc1. The number of rotatable bonds is 5. The highest BCUT2D eigenvalue weighted by Crippen LogP contribution is 2.34. The third kappa shape index (κ3) is 4.96. The van der Waals surface area contributed by atoms with Crippen molar-refractivity contribution in [3.8, 4) is 0 Å². The molecule has 0 unspecified atom stereocenters. The van der Waals surface area contributed by atoms with Crippen LogP contribution in [0, 0.1) is 0 Å². The highest BCUT2D eigenvalue weighted by molar-refractivity contribution is 7.92. The molecule has 2 aromatic carbocycles. The summed E-state index contributed by atoms with van der Waals surface area (Å²) in [4.78, 5) is 12.1. The quantitative estimate of drug-likeness (QED) is 0.877. The Hall–Kier alpha value is -2.55. The van der Waals surface area contributed by atoms with Crippen LogP contribution in [0.1, 0.15) is 5.56 Å². The Morgan fingerprint density at radius 3 is 2.16 bits per heavy atom. The molecule has 5 nitrogen and oxygen atoms in total. The Morgan fingerprint density at radius 1 is 1.04 bits per heavy atom. The lowest BCUT2D eigenvalue weighted by atomic mass is 10.1. The van der Waals surface area contributed by atoms with E-state index in [9.17, 15) is 26.4 Å². The minimum atomic E-state index is -4.64. The normalized spacial score (nSPS) is 11.8. The monoisotopic (exact) mass is 372 g/mol. The van der Waals surface area contributed by atoms with E-state index in [1.807, 2.05) is 0 Å². The highest BCUT2D eigenvalue weighted by atomic mass is 32.2. The molecule has 1 N–H and O–H groups in total. The molecule has 9 heteroatoms. The molecule has 0 radical (unpaired) electrons. The van der Waals surface area contributed by atoms with Crippen LogP contribution in [0.4, 0.5) is 24.5 Å². The van der Waals surface area contributed by atoms with Crippen molar-refractivity contribution in [3.63, 3.8) is 0 Å². The van der Waals surface area contributed by atoms with Crippen molar-refractivity contribution in [1.29, 1.82) is 0 Å². The number of hydrogen-bond acceptors (Lipinski definition) is 3. The molecule has 0 aliphatic heterocycles. The molecule has 134 valence electrons. The molecular weight excluding hydrogens is 357 g/mol. The fourth-order valence-electron chi connectivity index (χ4n) is 2.15. The molecule has 0 heterocycles. The van der Waals surface area contributed by atoms with E-state index in [4.69, 9.17) is 0 Å². The minimum absolute atomic E-state index is 0.240. The summed E-state index contributed by atoms with van der Waals surface area (Å²) in [5, 5.41) is 2.12. The third-order valence-electron chi connectivity index (χ3n) is 3.24. The summed E-state index contributed by atoms with van der Waals surface area (Å²) in [5.41, 5.74) is -1.19. The van der Waals surface area contributed by atoms with Crippen molar-refractivity contribution in [1.82, 2.24) is 0 Å². The average Bonchev–Trinajstić information content (AvgIpc) is 2.52. The van der Waals surface area contributed by atoms with Crippen molar-refractivity contribution in [2.45, 2.75) is 6.18 Å². The number of hydrogen-bond donors (Lipinski definition) is 1. The topological polar surface area (TPSA) is 66.5 Å². The third-order valence-corrected chi connectivity index (χ3v) is 4.38. The van der Waals surface area contributed by atoms with E-state index in [-0.39, 0.29) is 5.69 Å². The van der Waals surface area contributed by atoms with Crippen LogP contribution in [0.3, 0.4) is 0 Å². The van der Waals surface area contributed by atoms with Crippen molar-refractivity contribution in [2.75, 3.05) is 22.4 Å². The number of nitrogens with one attached hydrogen (secondary N) is 1. The van der Waals surface area contributed by atoms with Crippen LogP contribution in [0.15, 0.2) is 54.6 Å². The number of para-hydroxylation sites is 2. The van der Waals surface area contributed by atoms with Crippen LogP contribution in [-0.2, 0) is 21.0 Å². The van der Waals surface area contributed by atoms with Gasteiger partial charge in [0.1, 0.15) is 6.54 Å². The van der Waals surface area contributed by atoms with Gasteiger partial charge in [-0.3, -0.25) is 9.10 Å². The molecule has 0 aromatic heterocycles. The summed E-state index contributed by atoms with van der Waals surface area (Å²) >= 11 is 0. The van der Waals surface area contributed by atoms with Crippen LogP contribution < -0.4 is 9.62 Å². The fraction of sp³-hybridized carbons (Fsp3) is 0.188. The number of sulfonamides is 1. The molecule has 0 saturated heterocycles. The van der Waals surface area contributed by atoms with Crippen LogP contribution in [0.2, 0.25) is 0 Å². The molecule has 25 heavy (non-hydrogen) atoms. The van der Waals surface area contributed by atoms with E-state index < -0.39 is 39.9 Å². The van der Waals surface area contributed by atoms with E-state index in [2.05, 4.69) is 5.32 Å². The summed E-state index contributed by atoms with van der Waals surface area (Å²) in [7, 11) is -3.79. The number of carbonyl (C=O) groups is 1. The Labute approximate surface area is 143 Å².